The van der Waals surface area contributed by atoms with Crippen molar-refractivity contribution in [2.75, 3.05) is 0 Å². The number of pyridine rings is 1. The van der Waals surface area contributed by atoms with Crippen molar-refractivity contribution in [1.82, 2.24) is 4.98 Å². The van der Waals surface area contributed by atoms with E-state index in [1.54, 1.807) is 18.3 Å². The topological polar surface area (TPSA) is 30.0 Å². The first-order chi connectivity index (χ1) is 7.29. The van der Waals surface area contributed by atoms with Crippen molar-refractivity contribution in [2.45, 2.75) is 32.1 Å². The minimum Gasteiger partial charge on any atom is -0.294 e. The minimum absolute atomic E-state index is 0.167. The zero-order chi connectivity index (χ0) is 10.7. The van der Waals surface area contributed by atoms with Crippen molar-refractivity contribution in [2.24, 2.45) is 5.92 Å². The van der Waals surface area contributed by atoms with E-state index in [1.807, 2.05) is 0 Å². The standard InChI is InChI=1S/C12H14ClNO/c13-12-10(7-4-8-14-12)11(15)9-5-2-1-3-6-9/h4,7-9H,1-3,5-6H2. The third-order valence-corrected chi connectivity index (χ3v) is 3.30. The predicted molar refractivity (Wildman–Crippen MR) is 60.2 cm³/mol. The third kappa shape index (κ3) is 2.37. The molecule has 0 unspecified atom stereocenters. The Bertz CT molecular complexity index is 358. The van der Waals surface area contributed by atoms with Crippen LogP contribution in [0.2, 0.25) is 5.15 Å². The number of rotatable bonds is 2. The van der Waals surface area contributed by atoms with Gasteiger partial charge in [0.15, 0.2) is 5.78 Å². The van der Waals surface area contributed by atoms with Crippen LogP contribution in [0.4, 0.5) is 0 Å². The zero-order valence-corrected chi connectivity index (χ0v) is 9.33. The Labute approximate surface area is 94.7 Å². The molecule has 0 aliphatic heterocycles. The summed E-state index contributed by atoms with van der Waals surface area (Å²) in [5.74, 6) is 0.341. The van der Waals surface area contributed by atoms with E-state index in [9.17, 15) is 4.79 Å². The Morgan fingerprint density at radius 2 is 2.07 bits per heavy atom. The summed E-state index contributed by atoms with van der Waals surface area (Å²) in [4.78, 5) is 16.0. The Balaban J connectivity index is 2.16. The number of carbonyl (C=O) groups is 1. The molecule has 1 aliphatic rings. The molecule has 0 aromatic carbocycles. The number of aromatic nitrogens is 1. The molecule has 1 aromatic rings. The number of nitrogens with zero attached hydrogens (tertiary/aromatic N) is 1. The second-order valence-electron chi connectivity index (χ2n) is 4.04. The number of Topliss-reactive ketones (excluding diaryl/α,β-unsaturated/α-hetero) is 1. The van der Waals surface area contributed by atoms with Gasteiger partial charge < -0.3 is 0 Å². The molecule has 0 atom stereocenters. The lowest BCUT2D eigenvalue weighted by atomic mass is 9.84. The maximum Gasteiger partial charge on any atom is 0.169 e. The molecule has 0 spiro atoms. The van der Waals surface area contributed by atoms with Crippen LogP contribution in [0.15, 0.2) is 18.3 Å². The molecule has 0 N–H and O–H groups in total. The summed E-state index contributed by atoms with van der Waals surface area (Å²) in [7, 11) is 0. The molecule has 15 heavy (non-hydrogen) atoms. The smallest absolute Gasteiger partial charge is 0.169 e. The quantitative estimate of drug-likeness (QED) is 0.568. The van der Waals surface area contributed by atoms with Gasteiger partial charge in [0.25, 0.3) is 0 Å². The molecular weight excluding hydrogens is 210 g/mol. The molecule has 1 heterocycles. The van der Waals surface area contributed by atoms with E-state index in [2.05, 4.69) is 4.98 Å². The highest BCUT2D eigenvalue weighted by Crippen LogP contribution is 2.28. The summed E-state index contributed by atoms with van der Waals surface area (Å²) >= 11 is 5.91. The van der Waals surface area contributed by atoms with E-state index >= 15 is 0 Å². The van der Waals surface area contributed by atoms with Gasteiger partial charge in [-0.1, -0.05) is 30.9 Å². The summed E-state index contributed by atoms with van der Waals surface area (Å²) in [6.07, 6.45) is 7.20. The number of hydrogen-bond donors (Lipinski definition) is 0. The lowest BCUT2D eigenvalue weighted by Crippen LogP contribution is -2.18. The fourth-order valence-corrected chi connectivity index (χ4v) is 2.37. The first kappa shape index (κ1) is 10.6. The van der Waals surface area contributed by atoms with Crippen molar-refractivity contribution >= 4 is 17.4 Å². The molecular formula is C12H14ClNO. The average molecular weight is 224 g/mol. The zero-order valence-electron chi connectivity index (χ0n) is 8.58. The van der Waals surface area contributed by atoms with Crippen LogP contribution < -0.4 is 0 Å². The van der Waals surface area contributed by atoms with Crippen molar-refractivity contribution in [1.29, 1.82) is 0 Å². The Morgan fingerprint density at radius 1 is 1.33 bits per heavy atom. The van der Waals surface area contributed by atoms with Gasteiger partial charge in [-0.3, -0.25) is 4.79 Å². The lowest BCUT2D eigenvalue weighted by molar-refractivity contribution is 0.0889. The van der Waals surface area contributed by atoms with Gasteiger partial charge in [0.05, 0.1) is 5.56 Å². The number of ketones is 1. The molecule has 3 heteroatoms. The van der Waals surface area contributed by atoms with E-state index in [1.165, 1.54) is 6.42 Å². The van der Waals surface area contributed by atoms with Crippen LogP contribution in [0.5, 0.6) is 0 Å². The van der Waals surface area contributed by atoms with Gasteiger partial charge in [-0.2, -0.15) is 0 Å². The largest absolute Gasteiger partial charge is 0.294 e. The van der Waals surface area contributed by atoms with Gasteiger partial charge in [-0.25, -0.2) is 4.98 Å². The molecule has 80 valence electrons. The van der Waals surface area contributed by atoms with Gasteiger partial charge in [0.2, 0.25) is 0 Å². The second kappa shape index (κ2) is 4.75. The van der Waals surface area contributed by atoms with Gasteiger partial charge in [0, 0.05) is 12.1 Å². The first-order valence-electron chi connectivity index (χ1n) is 5.44. The first-order valence-corrected chi connectivity index (χ1v) is 5.81. The molecule has 0 radical (unpaired) electrons. The highest BCUT2D eigenvalue weighted by atomic mass is 35.5. The van der Waals surface area contributed by atoms with Crippen molar-refractivity contribution in [3.8, 4) is 0 Å². The van der Waals surface area contributed by atoms with Crippen LogP contribution in [0, 0.1) is 5.92 Å². The number of carbonyl (C=O) groups excluding carboxylic acids is 1. The van der Waals surface area contributed by atoms with Crippen molar-refractivity contribution in [3.63, 3.8) is 0 Å². The van der Waals surface area contributed by atoms with E-state index < -0.39 is 0 Å². The molecule has 1 fully saturated rings. The summed E-state index contributed by atoms with van der Waals surface area (Å²) in [6, 6.07) is 3.54. The number of halogens is 1. The van der Waals surface area contributed by atoms with Gasteiger partial charge in [0.1, 0.15) is 5.15 Å². The maximum absolute atomic E-state index is 12.1. The number of hydrogen-bond acceptors (Lipinski definition) is 2. The molecule has 0 amide bonds. The summed E-state index contributed by atoms with van der Waals surface area (Å²) in [5, 5.41) is 0.341. The SMILES string of the molecule is O=C(c1cccnc1Cl)C1CCCCC1. The van der Waals surface area contributed by atoms with Crippen LogP contribution in [0.25, 0.3) is 0 Å². The molecule has 1 saturated carbocycles. The summed E-state index contributed by atoms with van der Waals surface area (Å²) in [6.45, 7) is 0. The Kier molecular flexibility index (Phi) is 3.37. The van der Waals surface area contributed by atoms with Crippen LogP contribution in [-0.2, 0) is 0 Å². The highest BCUT2D eigenvalue weighted by Gasteiger charge is 2.23. The molecule has 2 rings (SSSR count). The van der Waals surface area contributed by atoms with E-state index in [0.717, 1.165) is 25.7 Å². The Hall–Kier alpha value is -0.890. The van der Waals surface area contributed by atoms with Gasteiger partial charge in [-0.05, 0) is 25.0 Å². The van der Waals surface area contributed by atoms with E-state index in [4.69, 9.17) is 11.6 Å². The van der Waals surface area contributed by atoms with Gasteiger partial charge >= 0.3 is 0 Å². The maximum atomic E-state index is 12.1. The van der Waals surface area contributed by atoms with Crippen LogP contribution in [-0.4, -0.2) is 10.8 Å². The van der Waals surface area contributed by atoms with Crippen molar-refractivity contribution < 1.29 is 4.79 Å². The summed E-state index contributed by atoms with van der Waals surface area (Å²) in [5.41, 5.74) is 0.589. The average Bonchev–Trinajstić information content (AvgIpc) is 2.30. The van der Waals surface area contributed by atoms with Crippen molar-refractivity contribution in [3.05, 3.63) is 29.0 Å². The van der Waals surface area contributed by atoms with Crippen LogP contribution in [0.1, 0.15) is 42.5 Å². The highest BCUT2D eigenvalue weighted by molar-refractivity contribution is 6.32. The molecule has 0 bridgehead atoms. The summed E-state index contributed by atoms with van der Waals surface area (Å²) < 4.78 is 0. The predicted octanol–water partition coefficient (Wildman–Crippen LogP) is 3.50. The molecule has 1 aromatic heterocycles. The monoisotopic (exact) mass is 223 g/mol. The third-order valence-electron chi connectivity index (χ3n) is 3.00. The normalized spacial score (nSPS) is 17.7. The van der Waals surface area contributed by atoms with Crippen LogP contribution in [0.3, 0.4) is 0 Å². The molecule has 1 aliphatic carbocycles. The lowest BCUT2D eigenvalue weighted by Gasteiger charge is -2.20. The van der Waals surface area contributed by atoms with Crippen LogP contribution >= 0.6 is 11.6 Å². The fraction of sp³-hybridized carbons (Fsp3) is 0.500. The molecule has 2 nitrogen and oxygen atoms in total. The van der Waals surface area contributed by atoms with Gasteiger partial charge in [-0.15, -0.1) is 0 Å². The fourth-order valence-electron chi connectivity index (χ4n) is 2.15. The van der Waals surface area contributed by atoms with E-state index in [-0.39, 0.29) is 11.7 Å². The Morgan fingerprint density at radius 3 is 2.73 bits per heavy atom. The van der Waals surface area contributed by atoms with E-state index in [0.29, 0.717) is 10.7 Å². The second-order valence-corrected chi connectivity index (χ2v) is 4.40. The molecule has 0 saturated heterocycles. The minimum atomic E-state index is 0.167.